The van der Waals surface area contributed by atoms with Gasteiger partial charge in [0.15, 0.2) is 0 Å². The fourth-order valence-corrected chi connectivity index (χ4v) is 5.92. The van der Waals surface area contributed by atoms with Crippen LogP contribution in [0.25, 0.3) is 0 Å². The molecule has 1 saturated carbocycles. The summed E-state index contributed by atoms with van der Waals surface area (Å²) >= 11 is 0. The number of anilines is 1. The van der Waals surface area contributed by atoms with E-state index in [0.29, 0.717) is 13.2 Å². The van der Waals surface area contributed by atoms with Crippen LogP contribution in [0.3, 0.4) is 0 Å². The van der Waals surface area contributed by atoms with Gasteiger partial charge in [0, 0.05) is 39.0 Å². The molecule has 2 N–H and O–H groups in total. The average molecular weight is 522 g/mol. The highest BCUT2D eigenvalue weighted by Crippen LogP contribution is 2.35. The monoisotopic (exact) mass is 521 g/mol. The van der Waals surface area contributed by atoms with Gasteiger partial charge in [0.1, 0.15) is 11.9 Å². The number of carboxylic acids is 1. The van der Waals surface area contributed by atoms with Gasteiger partial charge >= 0.3 is 5.97 Å². The van der Waals surface area contributed by atoms with Crippen LogP contribution >= 0.6 is 0 Å². The Morgan fingerprint density at radius 3 is 2.89 bits per heavy atom. The fourth-order valence-electron chi connectivity index (χ4n) is 5.92. The number of benzene rings is 1. The van der Waals surface area contributed by atoms with Gasteiger partial charge in [0.2, 0.25) is 0 Å². The average Bonchev–Trinajstić information content (AvgIpc) is 3.62. The Bertz CT molecular complexity index is 1090. The van der Waals surface area contributed by atoms with Gasteiger partial charge in [-0.3, -0.25) is 9.69 Å². The molecule has 0 spiro atoms. The first-order chi connectivity index (χ1) is 18.6. The zero-order chi connectivity index (χ0) is 26.3. The summed E-state index contributed by atoms with van der Waals surface area (Å²) in [4.78, 5) is 19.4. The normalized spacial score (nSPS) is 20.2. The summed E-state index contributed by atoms with van der Waals surface area (Å²) in [6.07, 6.45) is 11.1. The van der Waals surface area contributed by atoms with Crippen LogP contribution in [0.15, 0.2) is 30.3 Å². The van der Waals surface area contributed by atoms with E-state index in [-0.39, 0.29) is 6.10 Å². The number of carbonyl (C=O) groups is 1. The molecule has 1 aromatic carbocycles. The lowest BCUT2D eigenvalue weighted by atomic mass is 9.95. The Hall–Kier alpha value is -2.48. The van der Waals surface area contributed by atoms with Crippen LogP contribution in [0.5, 0.6) is 0 Å². The van der Waals surface area contributed by atoms with Gasteiger partial charge in [-0.05, 0) is 92.0 Å². The summed E-state index contributed by atoms with van der Waals surface area (Å²) in [5.74, 6) is 1.04. The Morgan fingerprint density at radius 1 is 1.18 bits per heavy atom. The molecule has 2 aromatic rings. The fraction of sp³-hybridized carbons (Fsp3) is 0.613. The van der Waals surface area contributed by atoms with Gasteiger partial charge in [-0.15, -0.1) is 0 Å². The number of methoxy groups -OCH3 is 1. The summed E-state index contributed by atoms with van der Waals surface area (Å²) in [5, 5.41) is 13.7. The highest BCUT2D eigenvalue weighted by atomic mass is 16.5. The number of rotatable bonds is 14. The van der Waals surface area contributed by atoms with Gasteiger partial charge in [0.25, 0.3) is 0 Å². The first kappa shape index (κ1) is 27.1. The molecule has 7 heteroatoms. The SMILES string of the molecule is COCc1ccc(CC2CC2)cc1[C@H](C(=O)O)N1CC[C@@H](OCCCCCc2ccc3c(n2)NCCC3)C1. The van der Waals surface area contributed by atoms with E-state index >= 15 is 0 Å². The van der Waals surface area contributed by atoms with Crippen LogP contribution in [0.2, 0.25) is 0 Å². The van der Waals surface area contributed by atoms with Crippen LogP contribution in [-0.2, 0) is 40.1 Å². The number of hydrogen-bond donors (Lipinski definition) is 2. The number of nitrogens with one attached hydrogen (secondary N) is 1. The number of aliphatic carboxylic acids is 1. The minimum absolute atomic E-state index is 0.0887. The lowest BCUT2D eigenvalue weighted by molar-refractivity contribution is -0.143. The molecule has 7 nitrogen and oxygen atoms in total. The van der Waals surface area contributed by atoms with Crippen LogP contribution in [0.4, 0.5) is 5.82 Å². The number of pyridine rings is 1. The maximum absolute atomic E-state index is 12.5. The summed E-state index contributed by atoms with van der Waals surface area (Å²) < 4.78 is 11.6. The van der Waals surface area contributed by atoms with E-state index in [2.05, 4.69) is 40.5 Å². The zero-order valence-electron chi connectivity index (χ0n) is 22.8. The van der Waals surface area contributed by atoms with Gasteiger partial charge in [-0.25, -0.2) is 4.98 Å². The quantitative estimate of drug-likeness (QED) is 0.332. The van der Waals surface area contributed by atoms with Gasteiger partial charge < -0.3 is 19.9 Å². The number of ether oxygens (including phenoxy) is 2. The highest BCUT2D eigenvalue weighted by molar-refractivity contribution is 5.76. The molecule has 1 saturated heterocycles. The summed E-state index contributed by atoms with van der Waals surface area (Å²) in [6, 6.07) is 10.1. The molecule has 3 aliphatic rings. The van der Waals surface area contributed by atoms with E-state index < -0.39 is 12.0 Å². The lowest BCUT2D eigenvalue weighted by Crippen LogP contribution is -2.34. The van der Waals surface area contributed by atoms with Crippen LogP contribution in [0.1, 0.15) is 78.9 Å². The number of nitrogens with zero attached hydrogens (tertiary/aromatic N) is 2. The van der Waals surface area contributed by atoms with Crippen molar-refractivity contribution >= 4 is 11.8 Å². The second-order valence-corrected chi connectivity index (χ2v) is 11.3. The number of hydrogen-bond acceptors (Lipinski definition) is 6. The van der Waals surface area contributed by atoms with E-state index in [9.17, 15) is 9.90 Å². The molecule has 5 rings (SSSR count). The van der Waals surface area contributed by atoms with Crippen molar-refractivity contribution in [2.45, 2.75) is 83.0 Å². The number of aromatic nitrogens is 1. The third-order valence-corrected chi connectivity index (χ3v) is 8.18. The number of aryl methyl sites for hydroxylation is 2. The molecule has 38 heavy (non-hydrogen) atoms. The Labute approximate surface area is 226 Å². The first-order valence-electron chi connectivity index (χ1n) is 14.5. The molecular formula is C31H43N3O4. The molecular weight excluding hydrogens is 478 g/mol. The molecule has 0 unspecified atom stereocenters. The highest BCUT2D eigenvalue weighted by Gasteiger charge is 2.35. The zero-order valence-corrected chi connectivity index (χ0v) is 22.8. The largest absolute Gasteiger partial charge is 0.480 e. The molecule has 0 bridgehead atoms. The number of fused-ring (bicyclic) bond motifs is 1. The van der Waals surface area contributed by atoms with Crippen molar-refractivity contribution in [1.82, 2.24) is 9.88 Å². The van der Waals surface area contributed by atoms with Crippen molar-refractivity contribution in [2.24, 2.45) is 5.92 Å². The van der Waals surface area contributed by atoms with Crippen molar-refractivity contribution in [3.05, 3.63) is 58.3 Å². The van der Waals surface area contributed by atoms with E-state index in [0.717, 1.165) is 87.5 Å². The molecule has 2 aliphatic heterocycles. The second kappa shape index (κ2) is 13.0. The predicted molar refractivity (Wildman–Crippen MR) is 148 cm³/mol. The maximum atomic E-state index is 12.5. The Morgan fingerprint density at radius 2 is 2.08 bits per heavy atom. The van der Waals surface area contributed by atoms with Crippen LogP contribution < -0.4 is 5.32 Å². The molecule has 0 radical (unpaired) electrons. The van der Waals surface area contributed by atoms with E-state index in [1.54, 1.807) is 7.11 Å². The third kappa shape index (κ3) is 7.13. The molecule has 1 aromatic heterocycles. The molecule has 1 aliphatic carbocycles. The van der Waals surface area contributed by atoms with E-state index in [4.69, 9.17) is 14.5 Å². The van der Waals surface area contributed by atoms with Crippen molar-refractivity contribution in [1.29, 1.82) is 0 Å². The number of likely N-dealkylation sites (tertiary alicyclic amines) is 1. The summed E-state index contributed by atoms with van der Waals surface area (Å²) in [6.45, 7) is 3.56. The Kier molecular flexibility index (Phi) is 9.31. The number of unbranched alkanes of at least 4 members (excludes halogenated alkanes) is 2. The molecule has 3 heterocycles. The topological polar surface area (TPSA) is 83.9 Å². The van der Waals surface area contributed by atoms with Crippen LogP contribution in [0, 0.1) is 5.92 Å². The number of carboxylic acid groups (broad SMARTS) is 1. The third-order valence-electron chi connectivity index (χ3n) is 8.18. The lowest BCUT2D eigenvalue weighted by Gasteiger charge is -2.27. The Balaban J connectivity index is 1.08. The molecule has 2 atom stereocenters. The molecule has 2 fully saturated rings. The van der Waals surface area contributed by atoms with Crippen molar-refractivity contribution in [3.8, 4) is 0 Å². The summed E-state index contributed by atoms with van der Waals surface area (Å²) in [5.41, 5.74) is 5.59. The summed E-state index contributed by atoms with van der Waals surface area (Å²) in [7, 11) is 1.66. The smallest absolute Gasteiger partial charge is 0.325 e. The van der Waals surface area contributed by atoms with Gasteiger partial charge in [-0.2, -0.15) is 0 Å². The van der Waals surface area contributed by atoms with E-state index in [1.807, 2.05) is 0 Å². The molecule has 0 amide bonds. The molecule has 206 valence electrons. The minimum Gasteiger partial charge on any atom is -0.480 e. The maximum Gasteiger partial charge on any atom is 0.325 e. The standard InChI is InChI=1S/C31H43N3O4/c1-37-21-25-11-10-23(18-22-8-9-22)19-28(25)29(31(35)36)34-16-14-27(20-34)38-17-4-2-3-7-26-13-12-24-6-5-15-32-30(24)33-26/h10-13,19,22,27,29H,2-9,14-18,20-21H2,1H3,(H,32,33)(H,35,36)/t27-,29-/m1/s1. The van der Waals surface area contributed by atoms with Crippen molar-refractivity contribution < 1.29 is 19.4 Å². The minimum atomic E-state index is -0.794. The van der Waals surface area contributed by atoms with Gasteiger partial charge in [-0.1, -0.05) is 30.7 Å². The van der Waals surface area contributed by atoms with Crippen molar-refractivity contribution in [3.63, 3.8) is 0 Å². The van der Waals surface area contributed by atoms with Crippen LogP contribution in [-0.4, -0.2) is 60.4 Å². The van der Waals surface area contributed by atoms with E-state index in [1.165, 1.54) is 36.1 Å². The van der Waals surface area contributed by atoms with Gasteiger partial charge in [0.05, 0.1) is 12.7 Å². The second-order valence-electron chi connectivity index (χ2n) is 11.3. The first-order valence-corrected chi connectivity index (χ1v) is 14.5. The predicted octanol–water partition coefficient (Wildman–Crippen LogP) is 5.17. The van der Waals surface area contributed by atoms with Crippen molar-refractivity contribution in [2.75, 3.05) is 38.7 Å².